The molecule has 1 N–H and O–H groups in total. The Balaban J connectivity index is 2.14. The zero-order chi connectivity index (χ0) is 12.2. The number of ether oxygens (including phenoxy) is 1. The largest absolute Gasteiger partial charge is 0.464 e. The van der Waals surface area contributed by atoms with Gasteiger partial charge in [0.05, 0.1) is 5.92 Å². The van der Waals surface area contributed by atoms with E-state index in [0.29, 0.717) is 12.5 Å². The molecule has 1 saturated carbocycles. The van der Waals surface area contributed by atoms with Gasteiger partial charge in [-0.2, -0.15) is 0 Å². The number of rotatable bonds is 7. The van der Waals surface area contributed by atoms with Crippen LogP contribution in [0, 0.1) is 11.8 Å². The molecule has 0 aromatic carbocycles. The molecule has 0 radical (unpaired) electrons. The molecule has 3 heteroatoms. The van der Waals surface area contributed by atoms with Crippen LogP contribution in [0.3, 0.4) is 0 Å². The summed E-state index contributed by atoms with van der Waals surface area (Å²) in [6, 6.07) is 0. The molecule has 1 aliphatic rings. The van der Waals surface area contributed by atoms with Crippen molar-refractivity contribution in [1.29, 1.82) is 0 Å². The molecule has 0 heterocycles. The van der Waals surface area contributed by atoms with Crippen LogP contribution in [0.1, 0.15) is 47.0 Å². The van der Waals surface area contributed by atoms with Crippen molar-refractivity contribution in [3.8, 4) is 0 Å². The lowest BCUT2D eigenvalue weighted by atomic mass is 10.1. The fourth-order valence-corrected chi connectivity index (χ4v) is 1.44. The first-order valence-electron chi connectivity index (χ1n) is 6.32. The van der Waals surface area contributed by atoms with Crippen molar-refractivity contribution in [2.75, 3.05) is 13.2 Å². The molecule has 94 valence electrons. The van der Waals surface area contributed by atoms with E-state index in [4.69, 9.17) is 4.74 Å². The average Bonchev–Trinajstić information content (AvgIpc) is 2.96. The van der Waals surface area contributed by atoms with E-state index in [1.165, 1.54) is 0 Å². The molecule has 0 unspecified atom stereocenters. The number of hydrogen-bond donors (Lipinski definition) is 1. The molecule has 0 saturated heterocycles. The standard InChI is InChI=1S/C13H25NO2/c1-10(2)7-8-14-13(3,4)9-16-12(15)11-5-6-11/h10-11,14H,5-9H2,1-4H3. The zero-order valence-electron chi connectivity index (χ0n) is 11.0. The van der Waals surface area contributed by atoms with Crippen LogP contribution in [0.2, 0.25) is 0 Å². The minimum absolute atomic E-state index is 0.0151. The number of carbonyl (C=O) groups excluding carboxylic acids is 1. The summed E-state index contributed by atoms with van der Waals surface area (Å²) in [7, 11) is 0. The topological polar surface area (TPSA) is 38.3 Å². The van der Waals surface area contributed by atoms with Gasteiger partial charge in [0.2, 0.25) is 0 Å². The lowest BCUT2D eigenvalue weighted by Crippen LogP contribution is -2.44. The lowest BCUT2D eigenvalue weighted by Gasteiger charge is -2.26. The Morgan fingerprint density at radius 1 is 1.44 bits per heavy atom. The monoisotopic (exact) mass is 227 g/mol. The molecule has 1 aliphatic carbocycles. The van der Waals surface area contributed by atoms with Crippen LogP contribution in [-0.2, 0) is 9.53 Å². The number of hydrogen-bond acceptors (Lipinski definition) is 3. The van der Waals surface area contributed by atoms with Gasteiger partial charge in [-0.15, -0.1) is 0 Å². The highest BCUT2D eigenvalue weighted by molar-refractivity contribution is 5.74. The van der Waals surface area contributed by atoms with Gasteiger partial charge < -0.3 is 10.1 Å². The summed E-state index contributed by atoms with van der Waals surface area (Å²) in [5.74, 6) is 0.891. The summed E-state index contributed by atoms with van der Waals surface area (Å²) in [6.07, 6.45) is 3.18. The second-order valence-corrected chi connectivity index (χ2v) is 5.88. The number of carbonyl (C=O) groups is 1. The molecule has 0 aromatic heterocycles. The first-order valence-corrected chi connectivity index (χ1v) is 6.32. The first kappa shape index (κ1) is 13.5. The van der Waals surface area contributed by atoms with Gasteiger partial charge in [-0.3, -0.25) is 4.79 Å². The van der Waals surface area contributed by atoms with E-state index < -0.39 is 0 Å². The summed E-state index contributed by atoms with van der Waals surface area (Å²) < 4.78 is 5.29. The Bertz CT molecular complexity index is 232. The molecule has 1 fully saturated rings. The van der Waals surface area contributed by atoms with Gasteiger partial charge in [0.15, 0.2) is 0 Å². The summed E-state index contributed by atoms with van der Waals surface area (Å²) in [5, 5.41) is 3.43. The fourth-order valence-electron chi connectivity index (χ4n) is 1.44. The fraction of sp³-hybridized carbons (Fsp3) is 0.923. The van der Waals surface area contributed by atoms with Crippen LogP contribution in [0.15, 0.2) is 0 Å². The van der Waals surface area contributed by atoms with E-state index >= 15 is 0 Å². The van der Waals surface area contributed by atoms with Crippen molar-refractivity contribution in [2.24, 2.45) is 11.8 Å². The maximum absolute atomic E-state index is 11.4. The van der Waals surface area contributed by atoms with E-state index in [2.05, 4.69) is 33.0 Å². The third-order valence-corrected chi connectivity index (χ3v) is 2.81. The normalized spacial score (nSPS) is 16.6. The Kier molecular flexibility index (Phi) is 4.78. The van der Waals surface area contributed by atoms with Crippen molar-refractivity contribution in [3.05, 3.63) is 0 Å². The second-order valence-electron chi connectivity index (χ2n) is 5.88. The van der Waals surface area contributed by atoms with Gasteiger partial charge in [0.1, 0.15) is 6.61 Å². The third-order valence-electron chi connectivity index (χ3n) is 2.81. The molecule has 0 spiro atoms. The van der Waals surface area contributed by atoms with E-state index in [0.717, 1.165) is 25.8 Å². The van der Waals surface area contributed by atoms with Gasteiger partial charge in [0.25, 0.3) is 0 Å². The molecule has 3 nitrogen and oxygen atoms in total. The van der Waals surface area contributed by atoms with Crippen molar-refractivity contribution in [1.82, 2.24) is 5.32 Å². The summed E-state index contributed by atoms with van der Waals surface area (Å²) in [5.41, 5.74) is -0.112. The van der Waals surface area contributed by atoms with Crippen LogP contribution in [0.25, 0.3) is 0 Å². The van der Waals surface area contributed by atoms with Crippen LogP contribution in [0.5, 0.6) is 0 Å². The quantitative estimate of drug-likeness (QED) is 0.678. The minimum Gasteiger partial charge on any atom is -0.464 e. The summed E-state index contributed by atoms with van der Waals surface area (Å²) in [4.78, 5) is 11.4. The van der Waals surface area contributed by atoms with E-state index in [1.54, 1.807) is 0 Å². The van der Waals surface area contributed by atoms with Gasteiger partial charge in [-0.1, -0.05) is 13.8 Å². The van der Waals surface area contributed by atoms with Gasteiger partial charge in [-0.25, -0.2) is 0 Å². The Morgan fingerprint density at radius 3 is 2.56 bits per heavy atom. The number of nitrogens with one attached hydrogen (secondary N) is 1. The second kappa shape index (κ2) is 5.67. The third kappa shape index (κ3) is 5.50. The lowest BCUT2D eigenvalue weighted by molar-refractivity contribution is -0.147. The SMILES string of the molecule is CC(C)CCNC(C)(C)COC(=O)C1CC1. The van der Waals surface area contributed by atoms with Gasteiger partial charge in [-0.05, 0) is 45.6 Å². The van der Waals surface area contributed by atoms with E-state index in [9.17, 15) is 4.79 Å². The van der Waals surface area contributed by atoms with Crippen molar-refractivity contribution in [3.63, 3.8) is 0 Å². The maximum atomic E-state index is 11.4. The maximum Gasteiger partial charge on any atom is 0.308 e. The molecule has 16 heavy (non-hydrogen) atoms. The predicted molar refractivity (Wildman–Crippen MR) is 65.2 cm³/mol. The van der Waals surface area contributed by atoms with Crippen LogP contribution in [0.4, 0.5) is 0 Å². The molecule has 0 bridgehead atoms. The Labute approximate surface area is 98.9 Å². The Morgan fingerprint density at radius 2 is 2.06 bits per heavy atom. The van der Waals surface area contributed by atoms with Crippen LogP contribution < -0.4 is 5.32 Å². The van der Waals surface area contributed by atoms with Crippen molar-refractivity contribution < 1.29 is 9.53 Å². The highest BCUT2D eigenvalue weighted by Gasteiger charge is 2.32. The highest BCUT2D eigenvalue weighted by Crippen LogP contribution is 2.30. The van der Waals surface area contributed by atoms with Crippen molar-refractivity contribution >= 4 is 5.97 Å². The highest BCUT2D eigenvalue weighted by atomic mass is 16.5. The van der Waals surface area contributed by atoms with Crippen LogP contribution in [-0.4, -0.2) is 24.7 Å². The van der Waals surface area contributed by atoms with Crippen LogP contribution >= 0.6 is 0 Å². The summed E-state index contributed by atoms with van der Waals surface area (Å²) in [6.45, 7) is 10.0. The predicted octanol–water partition coefficient (Wildman–Crippen LogP) is 2.35. The van der Waals surface area contributed by atoms with Crippen molar-refractivity contribution in [2.45, 2.75) is 52.5 Å². The minimum atomic E-state index is -0.112. The first-order chi connectivity index (χ1) is 7.41. The molecule has 0 atom stereocenters. The molecule has 0 aromatic rings. The zero-order valence-corrected chi connectivity index (χ0v) is 11.0. The van der Waals surface area contributed by atoms with E-state index in [-0.39, 0.29) is 17.4 Å². The smallest absolute Gasteiger partial charge is 0.308 e. The molecule has 0 aliphatic heterocycles. The Hall–Kier alpha value is -0.570. The molecular weight excluding hydrogens is 202 g/mol. The summed E-state index contributed by atoms with van der Waals surface area (Å²) >= 11 is 0. The average molecular weight is 227 g/mol. The van der Waals surface area contributed by atoms with Gasteiger partial charge in [0, 0.05) is 5.54 Å². The van der Waals surface area contributed by atoms with E-state index in [1.807, 2.05) is 0 Å². The molecule has 0 amide bonds. The van der Waals surface area contributed by atoms with Gasteiger partial charge >= 0.3 is 5.97 Å². The number of esters is 1. The molecular formula is C13H25NO2. The molecule has 1 rings (SSSR count).